The molecule has 0 aliphatic carbocycles. The van der Waals surface area contributed by atoms with Crippen LogP contribution in [0, 0.1) is 13.8 Å². The van der Waals surface area contributed by atoms with E-state index in [0.717, 1.165) is 26.3 Å². The normalized spacial score (nSPS) is 10.1. The number of ether oxygens (including phenoxy) is 2. The molecule has 25 heavy (non-hydrogen) atoms. The second kappa shape index (κ2) is 8.31. The zero-order chi connectivity index (χ0) is 18.6. The lowest BCUT2D eigenvalue weighted by Gasteiger charge is -2.09. The lowest BCUT2D eigenvalue weighted by Crippen LogP contribution is -2.23. The minimum Gasteiger partial charge on any atom is -0.423 e. The monoisotopic (exact) mass is 467 g/mol. The van der Waals surface area contributed by atoms with Gasteiger partial charge in [0.05, 0.1) is 0 Å². The summed E-state index contributed by atoms with van der Waals surface area (Å²) in [5, 5.41) is 0. The van der Waals surface area contributed by atoms with E-state index in [0.29, 0.717) is 0 Å². The summed E-state index contributed by atoms with van der Waals surface area (Å²) in [5.41, 5.74) is 6.98. The van der Waals surface area contributed by atoms with Crippen LogP contribution in [0.1, 0.15) is 11.1 Å². The number of hydrogen-bond acceptors (Lipinski definition) is 5. The van der Waals surface area contributed by atoms with E-state index >= 15 is 0 Å². The highest BCUT2D eigenvalue weighted by Gasteiger charge is 2.23. The first-order valence-electron chi connectivity index (χ1n) is 7.20. The highest BCUT2D eigenvalue weighted by molar-refractivity contribution is 9.10. The van der Waals surface area contributed by atoms with Crippen LogP contribution in [0.5, 0.6) is 11.5 Å². The van der Waals surface area contributed by atoms with E-state index in [1.807, 2.05) is 13.8 Å². The number of halogens is 2. The first-order chi connectivity index (χ1) is 11.8. The molecule has 2 aromatic rings. The Balaban J connectivity index is 2.11. The molecule has 7 heteroatoms. The smallest absolute Gasteiger partial charge is 0.352 e. The molecule has 0 atom stereocenters. The molecule has 0 spiro atoms. The highest BCUT2D eigenvalue weighted by Crippen LogP contribution is 2.24. The van der Waals surface area contributed by atoms with Gasteiger partial charge < -0.3 is 15.2 Å². The Kier molecular flexibility index (Phi) is 6.39. The quantitative estimate of drug-likeness (QED) is 0.239. The molecule has 0 aromatic heterocycles. The first-order valence-corrected chi connectivity index (χ1v) is 8.79. The molecule has 0 aliphatic heterocycles. The summed E-state index contributed by atoms with van der Waals surface area (Å²) in [5.74, 6) is -1.22. The third kappa shape index (κ3) is 4.93. The number of rotatable bonds is 4. The van der Waals surface area contributed by atoms with Crippen LogP contribution in [-0.4, -0.2) is 11.9 Å². The van der Waals surface area contributed by atoms with Crippen LogP contribution in [0.3, 0.4) is 0 Å². The molecule has 2 aromatic carbocycles. The van der Waals surface area contributed by atoms with Gasteiger partial charge in [-0.1, -0.05) is 44.0 Å². The summed E-state index contributed by atoms with van der Waals surface area (Å²) >= 11 is 6.70. The van der Waals surface area contributed by atoms with Gasteiger partial charge in [-0.15, -0.1) is 0 Å². The number of hydrogen-bond donors (Lipinski definition) is 1. The zero-order valence-electron chi connectivity index (χ0n) is 13.5. The van der Waals surface area contributed by atoms with Gasteiger partial charge in [0.2, 0.25) is 0 Å². The SMILES string of the molecule is Cc1ccc(OC(=O)C(=CN)C(=O)Oc2ccc(C)c(Br)c2)cc1Br. The molecule has 5 nitrogen and oxygen atoms in total. The van der Waals surface area contributed by atoms with Crippen molar-refractivity contribution in [2.75, 3.05) is 0 Å². The summed E-state index contributed by atoms with van der Waals surface area (Å²) in [6.07, 6.45) is 0.872. The van der Waals surface area contributed by atoms with E-state index < -0.39 is 17.5 Å². The van der Waals surface area contributed by atoms with Crippen LogP contribution in [-0.2, 0) is 9.59 Å². The average molecular weight is 469 g/mol. The van der Waals surface area contributed by atoms with Crippen molar-refractivity contribution in [2.45, 2.75) is 13.8 Å². The number of nitrogens with two attached hydrogens (primary N) is 1. The molecule has 0 heterocycles. The Labute approximate surface area is 162 Å². The predicted octanol–water partition coefficient (Wildman–Crippen LogP) is 4.18. The van der Waals surface area contributed by atoms with Gasteiger partial charge in [0.1, 0.15) is 11.5 Å². The second-order valence-corrected chi connectivity index (χ2v) is 6.89. The zero-order valence-corrected chi connectivity index (χ0v) is 16.7. The molecule has 0 aliphatic rings. The van der Waals surface area contributed by atoms with E-state index in [9.17, 15) is 9.59 Å². The lowest BCUT2D eigenvalue weighted by atomic mass is 10.2. The number of benzene rings is 2. The Morgan fingerprint density at radius 2 is 1.28 bits per heavy atom. The molecule has 0 radical (unpaired) electrons. The Morgan fingerprint density at radius 3 is 1.60 bits per heavy atom. The molecule has 0 bridgehead atoms. The standard InChI is InChI=1S/C18H15Br2NO4/c1-10-3-5-12(7-15(10)19)24-17(22)14(9-21)18(23)25-13-6-4-11(2)16(20)8-13/h3-9H,21H2,1-2H3. The minimum atomic E-state index is -0.894. The number of carbonyl (C=O) groups excluding carboxylic acids is 2. The van der Waals surface area contributed by atoms with Crippen molar-refractivity contribution in [2.24, 2.45) is 5.73 Å². The molecule has 0 unspecified atom stereocenters. The maximum Gasteiger partial charge on any atom is 0.352 e. The van der Waals surface area contributed by atoms with Gasteiger partial charge in [-0.05, 0) is 49.2 Å². The highest BCUT2D eigenvalue weighted by atomic mass is 79.9. The van der Waals surface area contributed by atoms with Crippen molar-refractivity contribution >= 4 is 43.8 Å². The molecule has 0 amide bonds. The first kappa shape index (κ1) is 19.2. The van der Waals surface area contributed by atoms with Crippen molar-refractivity contribution in [3.8, 4) is 11.5 Å². The van der Waals surface area contributed by atoms with Crippen molar-refractivity contribution in [1.82, 2.24) is 0 Å². The summed E-state index contributed by atoms with van der Waals surface area (Å²) in [7, 11) is 0. The lowest BCUT2D eigenvalue weighted by molar-refractivity contribution is -0.137. The Morgan fingerprint density at radius 1 is 0.880 bits per heavy atom. The third-order valence-corrected chi connectivity index (χ3v) is 5.02. The molecule has 2 rings (SSSR count). The summed E-state index contributed by atoms with van der Waals surface area (Å²) in [6.45, 7) is 3.80. The van der Waals surface area contributed by atoms with E-state index in [1.54, 1.807) is 36.4 Å². The van der Waals surface area contributed by atoms with Crippen LogP contribution in [0.15, 0.2) is 57.1 Å². The summed E-state index contributed by atoms with van der Waals surface area (Å²) in [4.78, 5) is 24.4. The molecule has 2 N–H and O–H groups in total. The predicted molar refractivity (Wildman–Crippen MR) is 101 cm³/mol. The molecule has 0 saturated heterocycles. The summed E-state index contributed by atoms with van der Waals surface area (Å²) in [6, 6.07) is 10.1. The van der Waals surface area contributed by atoms with Crippen LogP contribution >= 0.6 is 31.9 Å². The van der Waals surface area contributed by atoms with Gasteiger partial charge in [-0.2, -0.15) is 0 Å². The second-order valence-electron chi connectivity index (χ2n) is 5.18. The number of esters is 2. The minimum absolute atomic E-state index is 0.285. The maximum atomic E-state index is 12.2. The molecule has 0 saturated carbocycles. The Bertz CT molecular complexity index is 795. The Hall–Kier alpha value is -2.12. The van der Waals surface area contributed by atoms with Crippen molar-refractivity contribution in [3.63, 3.8) is 0 Å². The van der Waals surface area contributed by atoms with Crippen LogP contribution < -0.4 is 15.2 Å². The fourth-order valence-electron chi connectivity index (χ4n) is 1.82. The molecule has 130 valence electrons. The van der Waals surface area contributed by atoms with Gasteiger partial charge in [-0.3, -0.25) is 0 Å². The number of aryl methyl sites for hydroxylation is 2. The fourth-order valence-corrected chi connectivity index (χ4v) is 2.53. The van der Waals surface area contributed by atoms with Crippen LogP contribution in [0.25, 0.3) is 0 Å². The van der Waals surface area contributed by atoms with Gasteiger partial charge >= 0.3 is 11.9 Å². The van der Waals surface area contributed by atoms with Crippen molar-refractivity contribution in [3.05, 3.63) is 68.2 Å². The molecule has 0 fully saturated rings. The average Bonchev–Trinajstić information content (AvgIpc) is 2.55. The fraction of sp³-hybridized carbons (Fsp3) is 0.111. The molecular weight excluding hydrogens is 454 g/mol. The van der Waals surface area contributed by atoms with Crippen molar-refractivity contribution in [1.29, 1.82) is 0 Å². The summed E-state index contributed by atoms with van der Waals surface area (Å²) < 4.78 is 11.9. The van der Waals surface area contributed by atoms with Crippen molar-refractivity contribution < 1.29 is 19.1 Å². The third-order valence-electron chi connectivity index (χ3n) is 3.31. The van der Waals surface area contributed by atoms with E-state index in [-0.39, 0.29) is 11.5 Å². The van der Waals surface area contributed by atoms with Crippen LogP contribution in [0.2, 0.25) is 0 Å². The van der Waals surface area contributed by atoms with Gasteiger partial charge in [-0.25, -0.2) is 9.59 Å². The van der Waals surface area contributed by atoms with Crippen LogP contribution in [0.4, 0.5) is 0 Å². The topological polar surface area (TPSA) is 78.6 Å². The maximum absolute atomic E-state index is 12.2. The molecular formula is C18H15Br2NO4. The van der Waals surface area contributed by atoms with E-state index in [1.165, 1.54) is 0 Å². The largest absolute Gasteiger partial charge is 0.423 e. The number of carbonyl (C=O) groups is 2. The van der Waals surface area contributed by atoms with Gasteiger partial charge in [0.15, 0.2) is 5.57 Å². The van der Waals surface area contributed by atoms with Gasteiger partial charge in [0.25, 0.3) is 0 Å². The van der Waals surface area contributed by atoms with E-state index in [4.69, 9.17) is 15.2 Å². The van der Waals surface area contributed by atoms with Gasteiger partial charge in [0, 0.05) is 15.1 Å². The van der Waals surface area contributed by atoms with E-state index in [2.05, 4.69) is 31.9 Å².